The molecule has 0 aliphatic rings. The number of nitrogens with zero attached hydrogens (tertiary/aromatic N) is 3. The van der Waals surface area contributed by atoms with Gasteiger partial charge in [-0.05, 0) is 32.0 Å². The van der Waals surface area contributed by atoms with E-state index in [4.69, 9.17) is 0 Å². The minimum Gasteiger partial charge on any atom is -0.434 e. The lowest BCUT2D eigenvalue weighted by Gasteiger charge is -2.12. The number of fused-ring (bicyclic) bond motifs is 1. The summed E-state index contributed by atoms with van der Waals surface area (Å²) in [6.45, 7) is 0.582. The lowest BCUT2D eigenvalue weighted by atomic mass is 10.1. The molecule has 0 fully saturated rings. The molecule has 1 amide bonds. The van der Waals surface area contributed by atoms with Crippen molar-refractivity contribution >= 4 is 22.9 Å². The fraction of sp³-hybridized carbons (Fsp3) is 0.200. The van der Waals surface area contributed by atoms with Gasteiger partial charge in [-0.1, -0.05) is 30.3 Å². The molecule has 0 radical (unpaired) electrons. The third kappa shape index (κ3) is 4.45. The molecule has 7 nitrogen and oxygen atoms in total. The number of aromatic nitrogens is 2. The van der Waals surface area contributed by atoms with Gasteiger partial charge in [-0.15, -0.1) is 0 Å². The van der Waals surface area contributed by atoms with Crippen LogP contribution in [0, 0.1) is 0 Å². The van der Waals surface area contributed by atoms with E-state index in [1.165, 1.54) is 23.0 Å². The van der Waals surface area contributed by atoms with Crippen LogP contribution in [0.5, 0.6) is 5.75 Å². The minimum absolute atomic E-state index is 0.0307. The summed E-state index contributed by atoms with van der Waals surface area (Å²) in [6, 6.07) is 12.4. The second kappa shape index (κ2) is 8.59. The summed E-state index contributed by atoms with van der Waals surface area (Å²) < 4.78 is 30.6. The molecule has 0 saturated carbocycles. The van der Waals surface area contributed by atoms with Crippen molar-refractivity contribution in [1.82, 2.24) is 15.2 Å². The van der Waals surface area contributed by atoms with Crippen molar-refractivity contribution in [3.8, 4) is 5.75 Å². The molecule has 150 valence electrons. The van der Waals surface area contributed by atoms with E-state index >= 15 is 0 Å². The zero-order chi connectivity index (χ0) is 21.0. The molecule has 0 bridgehead atoms. The van der Waals surface area contributed by atoms with Crippen molar-refractivity contribution in [2.24, 2.45) is 5.10 Å². The van der Waals surface area contributed by atoms with Crippen LogP contribution in [-0.4, -0.2) is 28.5 Å². The molecule has 29 heavy (non-hydrogen) atoms. The fourth-order valence-corrected chi connectivity index (χ4v) is 2.73. The maximum Gasteiger partial charge on any atom is 0.387 e. The van der Waals surface area contributed by atoms with E-state index in [0.29, 0.717) is 10.8 Å². The van der Waals surface area contributed by atoms with Crippen molar-refractivity contribution in [3.63, 3.8) is 0 Å². The van der Waals surface area contributed by atoms with Crippen LogP contribution >= 0.6 is 0 Å². The first-order chi connectivity index (χ1) is 13.9. The van der Waals surface area contributed by atoms with Gasteiger partial charge in [0.2, 0.25) is 0 Å². The second-order valence-corrected chi connectivity index (χ2v) is 6.35. The summed E-state index contributed by atoms with van der Waals surface area (Å²) in [5, 5.41) is 8.74. The Morgan fingerprint density at radius 2 is 1.79 bits per heavy atom. The summed E-state index contributed by atoms with van der Waals surface area (Å²) in [6.07, 6.45) is 1.19. The van der Waals surface area contributed by atoms with Crippen molar-refractivity contribution in [2.75, 3.05) is 0 Å². The topological polar surface area (TPSA) is 85.6 Å². The standard InChI is InChI=1S/C20H18F2N4O3/c1-12(2)26-19(28)15-9-5-4-8-14(15)17(25-26)18(27)24-23-11-13-7-3-6-10-16(13)29-20(21)22/h3-12,20H,1-2H3,(H,24,27)/b23-11-. The van der Waals surface area contributed by atoms with Gasteiger partial charge in [0.1, 0.15) is 5.75 Å². The van der Waals surface area contributed by atoms with Crippen LogP contribution < -0.4 is 15.7 Å². The van der Waals surface area contributed by atoms with Crippen LogP contribution in [0.15, 0.2) is 58.4 Å². The molecule has 3 aromatic rings. The number of carbonyl (C=O) groups is 1. The Hall–Kier alpha value is -3.62. The van der Waals surface area contributed by atoms with Crippen LogP contribution in [-0.2, 0) is 0 Å². The number of benzene rings is 2. The van der Waals surface area contributed by atoms with Gasteiger partial charge in [0, 0.05) is 10.9 Å². The molecule has 9 heteroatoms. The Balaban J connectivity index is 1.91. The second-order valence-electron chi connectivity index (χ2n) is 6.35. The van der Waals surface area contributed by atoms with Gasteiger partial charge in [0.05, 0.1) is 17.6 Å². The number of hydrogen-bond donors (Lipinski definition) is 1. The Labute approximate surface area is 164 Å². The van der Waals surface area contributed by atoms with E-state index in [2.05, 4.69) is 20.4 Å². The molecule has 1 aromatic heterocycles. The highest BCUT2D eigenvalue weighted by molar-refractivity contribution is 6.05. The largest absolute Gasteiger partial charge is 0.434 e. The van der Waals surface area contributed by atoms with Crippen LogP contribution in [0.25, 0.3) is 10.8 Å². The van der Waals surface area contributed by atoms with E-state index in [1.807, 2.05) is 0 Å². The molecule has 0 atom stereocenters. The third-order valence-corrected chi connectivity index (χ3v) is 4.04. The fourth-order valence-electron chi connectivity index (χ4n) is 2.73. The molecule has 1 heterocycles. The van der Waals surface area contributed by atoms with Crippen LogP contribution in [0.1, 0.15) is 35.9 Å². The maximum absolute atomic E-state index is 12.6. The SMILES string of the molecule is CC(C)n1nc(C(=O)N/N=C\c2ccccc2OC(F)F)c2ccccc2c1=O. The number of amides is 1. The first-order valence-electron chi connectivity index (χ1n) is 8.77. The number of hydrogen-bond acceptors (Lipinski definition) is 5. The van der Waals surface area contributed by atoms with Gasteiger partial charge in [-0.25, -0.2) is 10.1 Å². The van der Waals surface area contributed by atoms with Gasteiger partial charge in [0.15, 0.2) is 5.69 Å². The van der Waals surface area contributed by atoms with Crippen molar-refractivity contribution in [1.29, 1.82) is 0 Å². The zero-order valence-electron chi connectivity index (χ0n) is 15.7. The predicted octanol–water partition coefficient (Wildman–Crippen LogP) is 3.34. The molecule has 0 spiro atoms. The number of ether oxygens (including phenoxy) is 1. The van der Waals surface area contributed by atoms with E-state index in [9.17, 15) is 18.4 Å². The number of para-hydroxylation sites is 1. The summed E-state index contributed by atoms with van der Waals surface area (Å²) in [7, 11) is 0. The average molecular weight is 400 g/mol. The van der Waals surface area contributed by atoms with Gasteiger partial charge in [-0.3, -0.25) is 9.59 Å². The number of hydrazone groups is 1. The molecule has 0 aliphatic carbocycles. The molecule has 2 aromatic carbocycles. The predicted molar refractivity (Wildman–Crippen MR) is 105 cm³/mol. The maximum atomic E-state index is 12.6. The van der Waals surface area contributed by atoms with Crippen LogP contribution in [0.3, 0.4) is 0 Å². The number of carbonyl (C=O) groups excluding carboxylic acids is 1. The lowest BCUT2D eigenvalue weighted by Crippen LogP contribution is -2.30. The average Bonchev–Trinajstić information content (AvgIpc) is 2.69. The van der Waals surface area contributed by atoms with E-state index in [-0.39, 0.29) is 28.6 Å². The summed E-state index contributed by atoms with van der Waals surface area (Å²) >= 11 is 0. The highest BCUT2D eigenvalue weighted by Crippen LogP contribution is 2.18. The number of nitrogens with one attached hydrogen (secondary N) is 1. The van der Waals surface area contributed by atoms with Crippen molar-refractivity contribution in [3.05, 3.63) is 70.1 Å². The molecule has 0 unspecified atom stereocenters. The molecule has 0 aliphatic heterocycles. The molecular weight excluding hydrogens is 382 g/mol. The minimum atomic E-state index is -2.98. The smallest absolute Gasteiger partial charge is 0.387 e. The first-order valence-corrected chi connectivity index (χ1v) is 8.77. The van der Waals surface area contributed by atoms with E-state index in [1.54, 1.807) is 50.2 Å². The molecule has 1 N–H and O–H groups in total. The first kappa shape index (κ1) is 20.1. The van der Waals surface area contributed by atoms with Gasteiger partial charge in [-0.2, -0.15) is 19.0 Å². The molecule has 3 rings (SSSR count). The zero-order valence-corrected chi connectivity index (χ0v) is 15.7. The number of alkyl halides is 2. The van der Waals surface area contributed by atoms with E-state index < -0.39 is 12.5 Å². The lowest BCUT2D eigenvalue weighted by molar-refractivity contribution is -0.0499. The Morgan fingerprint density at radius 3 is 2.48 bits per heavy atom. The summed E-state index contributed by atoms with van der Waals surface area (Å²) in [5.74, 6) is -0.712. The van der Waals surface area contributed by atoms with Crippen LogP contribution in [0.4, 0.5) is 8.78 Å². The Bertz CT molecular complexity index is 1130. The quantitative estimate of drug-likeness (QED) is 0.508. The molecular formula is C20H18F2N4O3. The van der Waals surface area contributed by atoms with Gasteiger partial charge in [0.25, 0.3) is 11.5 Å². The summed E-state index contributed by atoms with van der Waals surface area (Å²) in [4.78, 5) is 25.2. The van der Waals surface area contributed by atoms with Gasteiger partial charge >= 0.3 is 6.61 Å². The number of halogens is 2. The van der Waals surface area contributed by atoms with Crippen molar-refractivity contribution in [2.45, 2.75) is 26.5 Å². The van der Waals surface area contributed by atoms with Gasteiger partial charge < -0.3 is 4.74 Å². The van der Waals surface area contributed by atoms with Crippen LogP contribution in [0.2, 0.25) is 0 Å². The highest BCUT2D eigenvalue weighted by Gasteiger charge is 2.17. The normalized spacial score (nSPS) is 11.5. The Kier molecular flexibility index (Phi) is 5.96. The van der Waals surface area contributed by atoms with Crippen molar-refractivity contribution < 1.29 is 18.3 Å². The summed E-state index contributed by atoms with van der Waals surface area (Å²) in [5.41, 5.74) is 2.31. The third-order valence-electron chi connectivity index (χ3n) is 4.04. The molecule has 0 saturated heterocycles. The Morgan fingerprint density at radius 1 is 1.14 bits per heavy atom. The monoisotopic (exact) mass is 400 g/mol. The highest BCUT2D eigenvalue weighted by atomic mass is 19.3. The van der Waals surface area contributed by atoms with E-state index in [0.717, 1.165) is 0 Å². The number of rotatable bonds is 6.